The van der Waals surface area contributed by atoms with Gasteiger partial charge in [0, 0.05) is 19.2 Å². The first-order valence-corrected chi connectivity index (χ1v) is 8.17. The van der Waals surface area contributed by atoms with E-state index in [-0.39, 0.29) is 11.7 Å². The summed E-state index contributed by atoms with van der Waals surface area (Å²) in [6, 6.07) is 12.6. The van der Waals surface area contributed by atoms with Crippen LogP contribution in [0.4, 0.5) is 24.8 Å². The number of hydrogen-bond donors (Lipinski definition) is 2. The molecule has 0 aliphatic heterocycles. The molecule has 28 heavy (non-hydrogen) atoms. The lowest BCUT2D eigenvalue weighted by Gasteiger charge is -2.09. The van der Waals surface area contributed by atoms with Gasteiger partial charge >= 0.3 is 6.36 Å². The van der Waals surface area contributed by atoms with Crippen LogP contribution in [0.3, 0.4) is 0 Å². The fourth-order valence-corrected chi connectivity index (χ4v) is 2.36. The van der Waals surface area contributed by atoms with Gasteiger partial charge in [0.15, 0.2) is 0 Å². The van der Waals surface area contributed by atoms with E-state index >= 15 is 0 Å². The number of amides is 1. The van der Waals surface area contributed by atoms with Gasteiger partial charge in [0.05, 0.1) is 5.69 Å². The highest BCUT2D eigenvalue weighted by Crippen LogP contribution is 2.23. The molecule has 0 aliphatic rings. The molecule has 1 heterocycles. The second kappa shape index (κ2) is 7.99. The summed E-state index contributed by atoms with van der Waals surface area (Å²) < 4.78 is 41.8. The standard InChI is InChI=1S/C18H16F3N5O2/c1-12(27)24-14-4-2-13(3-5-14)10-22-17-23-11-26(25-17)15-6-8-16(9-7-15)28-18(19,20)21/h2-9,11H,10H2,1H3,(H,22,25)(H,24,27). The molecule has 10 heteroatoms. The van der Waals surface area contributed by atoms with Gasteiger partial charge in [-0.25, -0.2) is 9.67 Å². The van der Waals surface area contributed by atoms with Crippen LogP contribution in [-0.4, -0.2) is 27.0 Å². The molecule has 0 bridgehead atoms. The smallest absolute Gasteiger partial charge is 0.406 e. The van der Waals surface area contributed by atoms with Crippen LogP contribution in [-0.2, 0) is 11.3 Å². The maximum absolute atomic E-state index is 12.2. The first-order valence-electron chi connectivity index (χ1n) is 8.17. The molecule has 0 radical (unpaired) electrons. The number of carbonyl (C=O) groups excluding carboxylic acids is 1. The van der Waals surface area contributed by atoms with Crippen molar-refractivity contribution in [3.8, 4) is 11.4 Å². The second-order valence-corrected chi connectivity index (χ2v) is 5.79. The van der Waals surface area contributed by atoms with Gasteiger partial charge in [-0.2, -0.15) is 0 Å². The molecule has 3 aromatic rings. The highest BCUT2D eigenvalue weighted by Gasteiger charge is 2.30. The average Bonchev–Trinajstić information content (AvgIpc) is 3.09. The summed E-state index contributed by atoms with van der Waals surface area (Å²) in [6.45, 7) is 1.90. The topological polar surface area (TPSA) is 81.1 Å². The zero-order valence-corrected chi connectivity index (χ0v) is 14.7. The summed E-state index contributed by atoms with van der Waals surface area (Å²) >= 11 is 0. The Kier molecular flexibility index (Phi) is 5.48. The molecule has 3 rings (SSSR count). The van der Waals surface area contributed by atoms with Gasteiger partial charge in [-0.3, -0.25) is 4.79 Å². The van der Waals surface area contributed by atoms with Gasteiger partial charge in [0.25, 0.3) is 0 Å². The van der Waals surface area contributed by atoms with Crippen molar-refractivity contribution in [2.75, 3.05) is 10.6 Å². The maximum Gasteiger partial charge on any atom is 0.573 e. The number of anilines is 2. The number of ether oxygens (including phenoxy) is 1. The van der Waals surface area contributed by atoms with Crippen molar-refractivity contribution in [3.05, 3.63) is 60.4 Å². The third kappa shape index (κ3) is 5.47. The molecule has 0 spiro atoms. The molecule has 0 unspecified atom stereocenters. The summed E-state index contributed by atoms with van der Waals surface area (Å²) in [5.41, 5.74) is 2.20. The third-order valence-corrected chi connectivity index (χ3v) is 3.55. The Morgan fingerprint density at radius 2 is 1.79 bits per heavy atom. The van der Waals surface area contributed by atoms with E-state index in [0.717, 1.165) is 5.56 Å². The molecule has 146 valence electrons. The van der Waals surface area contributed by atoms with Crippen LogP contribution in [0.25, 0.3) is 5.69 Å². The normalized spacial score (nSPS) is 11.1. The van der Waals surface area contributed by atoms with Crippen molar-refractivity contribution >= 4 is 17.5 Å². The van der Waals surface area contributed by atoms with E-state index in [1.807, 2.05) is 12.1 Å². The van der Waals surface area contributed by atoms with E-state index in [2.05, 4.69) is 25.5 Å². The van der Waals surface area contributed by atoms with Crippen LogP contribution in [0.2, 0.25) is 0 Å². The SMILES string of the molecule is CC(=O)Nc1ccc(CNc2ncn(-c3ccc(OC(F)(F)F)cc3)n2)cc1. The van der Waals surface area contributed by atoms with Gasteiger partial charge in [-0.1, -0.05) is 12.1 Å². The largest absolute Gasteiger partial charge is 0.573 e. The Hall–Kier alpha value is -3.56. The fraction of sp³-hybridized carbons (Fsp3) is 0.167. The summed E-state index contributed by atoms with van der Waals surface area (Å²) in [4.78, 5) is 15.1. The third-order valence-electron chi connectivity index (χ3n) is 3.55. The predicted octanol–water partition coefficient (Wildman–Crippen LogP) is 3.74. The van der Waals surface area contributed by atoms with E-state index in [4.69, 9.17) is 0 Å². The van der Waals surface area contributed by atoms with E-state index in [1.54, 1.807) is 12.1 Å². The van der Waals surface area contributed by atoms with E-state index < -0.39 is 6.36 Å². The van der Waals surface area contributed by atoms with E-state index in [1.165, 1.54) is 42.2 Å². The second-order valence-electron chi connectivity index (χ2n) is 5.79. The zero-order chi connectivity index (χ0) is 20.1. The molecule has 2 aromatic carbocycles. The number of rotatable bonds is 6. The van der Waals surface area contributed by atoms with Crippen LogP contribution >= 0.6 is 0 Å². The van der Waals surface area contributed by atoms with Crippen molar-refractivity contribution in [2.45, 2.75) is 19.8 Å². The maximum atomic E-state index is 12.2. The number of alkyl halides is 3. The summed E-state index contributed by atoms with van der Waals surface area (Å²) in [6.07, 6.45) is -3.28. The minimum Gasteiger partial charge on any atom is -0.406 e. The number of carbonyl (C=O) groups is 1. The number of benzene rings is 2. The number of nitrogens with one attached hydrogen (secondary N) is 2. The molecule has 0 saturated carbocycles. The monoisotopic (exact) mass is 391 g/mol. The lowest BCUT2D eigenvalue weighted by molar-refractivity contribution is -0.274. The van der Waals surface area contributed by atoms with Crippen molar-refractivity contribution in [2.24, 2.45) is 0 Å². The predicted molar refractivity (Wildman–Crippen MR) is 96.1 cm³/mol. The summed E-state index contributed by atoms with van der Waals surface area (Å²) in [7, 11) is 0. The summed E-state index contributed by atoms with van der Waals surface area (Å²) in [5, 5.41) is 9.97. The average molecular weight is 391 g/mol. The minimum absolute atomic E-state index is 0.140. The van der Waals surface area contributed by atoms with Crippen molar-refractivity contribution in [3.63, 3.8) is 0 Å². The number of halogens is 3. The van der Waals surface area contributed by atoms with Crippen LogP contribution < -0.4 is 15.4 Å². The van der Waals surface area contributed by atoms with Crippen LogP contribution in [0.5, 0.6) is 5.75 Å². The highest BCUT2D eigenvalue weighted by molar-refractivity contribution is 5.88. The molecular formula is C18H16F3N5O2. The molecule has 0 aliphatic carbocycles. The molecule has 0 atom stereocenters. The first kappa shape index (κ1) is 19.2. The quantitative estimate of drug-likeness (QED) is 0.669. The molecule has 1 aromatic heterocycles. The number of nitrogens with zero attached hydrogens (tertiary/aromatic N) is 3. The van der Waals surface area contributed by atoms with Crippen LogP contribution in [0, 0.1) is 0 Å². The molecule has 2 N–H and O–H groups in total. The Morgan fingerprint density at radius 3 is 2.39 bits per heavy atom. The van der Waals surface area contributed by atoms with E-state index in [9.17, 15) is 18.0 Å². The molecule has 7 nitrogen and oxygen atoms in total. The summed E-state index contributed by atoms with van der Waals surface area (Å²) in [5.74, 6) is -0.0856. The number of aromatic nitrogens is 3. The number of hydrogen-bond acceptors (Lipinski definition) is 5. The molecule has 1 amide bonds. The van der Waals surface area contributed by atoms with E-state index in [0.29, 0.717) is 23.9 Å². The van der Waals surface area contributed by atoms with Gasteiger partial charge in [-0.15, -0.1) is 18.3 Å². The lowest BCUT2D eigenvalue weighted by Crippen LogP contribution is -2.17. The van der Waals surface area contributed by atoms with Crippen LogP contribution in [0.1, 0.15) is 12.5 Å². The fourth-order valence-electron chi connectivity index (χ4n) is 2.36. The Morgan fingerprint density at radius 1 is 1.11 bits per heavy atom. The van der Waals surface area contributed by atoms with Crippen molar-refractivity contribution in [1.82, 2.24) is 14.8 Å². The van der Waals surface area contributed by atoms with Crippen molar-refractivity contribution < 1.29 is 22.7 Å². The minimum atomic E-state index is -4.73. The van der Waals surface area contributed by atoms with Gasteiger partial charge < -0.3 is 15.4 Å². The highest BCUT2D eigenvalue weighted by atomic mass is 19.4. The molecule has 0 saturated heterocycles. The van der Waals surface area contributed by atoms with Crippen LogP contribution in [0.15, 0.2) is 54.9 Å². The Labute approximate surface area is 158 Å². The van der Waals surface area contributed by atoms with Gasteiger partial charge in [0.2, 0.25) is 11.9 Å². The first-order chi connectivity index (χ1) is 13.3. The Balaban J connectivity index is 1.59. The Bertz CT molecular complexity index is 937. The van der Waals surface area contributed by atoms with Crippen molar-refractivity contribution in [1.29, 1.82) is 0 Å². The van der Waals surface area contributed by atoms with Gasteiger partial charge in [0.1, 0.15) is 12.1 Å². The lowest BCUT2D eigenvalue weighted by atomic mass is 10.2. The molecular weight excluding hydrogens is 375 g/mol. The van der Waals surface area contributed by atoms with Gasteiger partial charge in [-0.05, 0) is 42.0 Å². The zero-order valence-electron chi connectivity index (χ0n) is 14.7. The molecule has 0 fully saturated rings.